The van der Waals surface area contributed by atoms with Crippen LogP contribution in [0.25, 0.3) is 0 Å². The molecule has 0 unspecified atom stereocenters. The molecule has 2 aliphatic carbocycles. The number of rotatable bonds is 0. The predicted molar refractivity (Wildman–Crippen MR) is 48.8 cm³/mol. The quantitative estimate of drug-likeness (QED) is 0.500. The topological polar surface area (TPSA) is 17.1 Å². The van der Waals surface area contributed by atoms with Crippen molar-refractivity contribution in [3.8, 4) is 0 Å². The van der Waals surface area contributed by atoms with Gasteiger partial charge in [-0.1, -0.05) is 18.2 Å². The van der Waals surface area contributed by atoms with E-state index in [9.17, 15) is 4.79 Å². The number of hydrogen-bond acceptors (Lipinski definition) is 1. The third kappa shape index (κ3) is 1.36. The van der Waals surface area contributed by atoms with Crippen LogP contribution in [0.4, 0.5) is 0 Å². The molecule has 1 atom stereocenters. The molecule has 1 heteroatoms. The van der Waals surface area contributed by atoms with E-state index in [1.165, 1.54) is 12.8 Å². The molecule has 64 valence electrons. The lowest BCUT2D eigenvalue weighted by Gasteiger charge is -2.33. The Morgan fingerprint density at radius 2 is 2.17 bits per heavy atom. The first-order valence-electron chi connectivity index (χ1n) is 4.68. The summed E-state index contributed by atoms with van der Waals surface area (Å²) in [6, 6.07) is 0. The average molecular weight is 162 g/mol. The minimum atomic E-state index is 0.301. The van der Waals surface area contributed by atoms with Crippen LogP contribution >= 0.6 is 0 Å². The van der Waals surface area contributed by atoms with E-state index < -0.39 is 0 Å². The van der Waals surface area contributed by atoms with Crippen molar-refractivity contribution in [1.29, 1.82) is 0 Å². The number of carbonyl (C=O) groups excluding carboxylic acids is 1. The second kappa shape index (κ2) is 2.89. The lowest BCUT2D eigenvalue weighted by atomic mass is 9.71. The monoisotopic (exact) mass is 162 g/mol. The second-order valence-electron chi connectivity index (χ2n) is 3.88. The summed E-state index contributed by atoms with van der Waals surface area (Å²) in [4.78, 5) is 11.0. The molecule has 0 aromatic heterocycles. The Kier molecular flexibility index (Phi) is 1.87. The molecule has 0 saturated carbocycles. The Morgan fingerprint density at radius 1 is 1.25 bits per heavy atom. The highest BCUT2D eigenvalue weighted by Gasteiger charge is 2.30. The number of carbonyl (C=O) groups is 1. The molecule has 0 saturated heterocycles. The first kappa shape index (κ1) is 7.78. The van der Waals surface area contributed by atoms with E-state index in [1.54, 1.807) is 6.08 Å². The van der Waals surface area contributed by atoms with Crippen molar-refractivity contribution < 1.29 is 4.79 Å². The summed E-state index contributed by atoms with van der Waals surface area (Å²) in [7, 11) is 0. The molecule has 1 nitrogen and oxygen atoms in total. The van der Waals surface area contributed by atoms with Crippen LogP contribution in [0.1, 0.15) is 32.1 Å². The van der Waals surface area contributed by atoms with Crippen molar-refractivity contribution in [2.24, 2.45) is 5.41 Å². The maximum atomic E-state index is 11.0. The Hall–Kier alpha value is -0.850. The molecule has 0 radical (unpaired) electrons. The molecule has 1 spiro atoms. The van der Waals surface area contributed by atoms with E-state index >= 15 is 0 Å². The maximum absolute atomic E-state index is 11.0. The largest absolute Gasteiger partial charge is 0.295 e. The van der Waals surface area contributed by atoms with Crippen LogP contribution in [0.2, 0.25) is 0 Å². The van der Waals surface area contributed by atoms with Crippen LogP contribution in [0.3, 0.4) is 0 Å². The van der Waals surface area contributed by atoms with Crippen LogP contribution in [0.5, 0.6) is 0 Å². The van der Waals surface area contributed by atoms with Gasteiger partial charge in [0.2, 0.25) is 0 Å². The van der Waals surface area contributed by atoms with Crippen molar-refractivity contribution in [3.63, 3.8) is 0 Å². The van der Waals surface area contributed by atoms with Crippen molar-refractivity contribution >= 4 is 5.78 Å². The fourth-order valence-corrected chi connectivity index (χ4v) is 2.10. The summed E-state index contributed by atoms with van der Waals surface area (Å²) < 4.78 is 0. The van der Waals surface area contributed by atoms with Gasteiger partial charge in [0.15, 0.2) is 5.78 Å². The van der Waals surface area contributed by atoms with Gasteiger partial charge in [-0.2, -0.15) is 0 Å². The lowest BCUT2D eigenvalue weighted by molar-refractivity contribution is -0.115. The molecular formula is C11H14O. The third-order valence-corrected chi connectivity index (χ3v) is 2.99. The van der Waals surface area contributed by atoms with Gasteiger partial charge in [0.05, 0.1) is 0 Å². The number of ketones is 1. The predicted octanol–water partition coefficient (Wildman–Crippen LogP) is 2.63. The molecule has 0 aliphatic heterocycles. The fraction of sp³-hybridized carbons (Fsp3) is 0.545. The third-order valence-electron chi connectivity index (χ3n) is 2.99. The highest BCUT2D eigenvalue weighted by Crippen LogP contribution is 2.40. The van der Waals surface area contributed by atoms with Gasteiger partial charge in [0.25, 0.3) is 0 Å². The van der Waals surface area contributed by atoms with Crippen LogP contribution in [-0.4, -0.2) is 5.78 Å². The van der Waals surface area contributed by atoms with Crippen LogP contribution in [-0.2, 0) is 4.79 Å². The van der Waals surface area contributed by atoms with Crippen molar-refractivity contribution in [1.82, 2.24) is 0 Å². The Bertz CT molecular complexity index is 250. The van der Waals surface area contributed by atoms with E-state index in [0.717, 1.165) is 19.3 Å². The van der Waals surface area contributed by atoms with Gasteiger partial charge in [0.1, 0.15) is 0 Å². The highest BCUT2D eigenvalue weighted by molar-refractivity contribution is 5.90. The first-order chi connectivity index (χ1) is 5.81. The highest BCUT2D eigenvalue weighted by atomic mass is 16.1. The average Bonchev–Trinajstić information content (AvgIpc) is 2.13. The standard InChI is InChI=1S/C11H14O/c12-10-4-8-11(9-5-10)6-2-1-3-7-11/h1-2,4,8H,3,5-7,9H2/t11-/m1/s1. The zero-order chi connectivity index (χ0) is 8.44. The Labute approximate surface area is 73.2 Å². The summed E-state index contributed by atoms with van der Waals surface area (Å²) in [6.45, 7) is 0. The summed E-state index contributed by atoms with van der Waals surface area (Å²) in [5.74, 6) is 0.301. The first-order valence-corrected chi connectivity index (χ1v) is 4.68. The van der Waals surface area contributed by atoms with E-state index in [0.29, 0.717) is 11.2 Å². The van der Waals surface area contributed by atoms with E-state index in [4.69, 9.17) is 0 Å². The molecule has 0 bridgehead atoms. The van der Waals surface area contributed by atoms with Gasteiger partial charge in [-0.25, -0.2) is 0 Å². The van der Waals surface area contributed by atoms with Crippen LogP contribution < -0.4 is 0 Å². The molecule has 0 fully saturated rings. The smallest absolute Gasteiger partial charge is 0.155 e. The summed E-state index contributed by atoms with van der Waals surface area (Å²) in [5.41, 5.74) is 0.350. The molecule has 0 aromatic rings. The van der Waals surface area contributed by atoms with Gasteiger partial charge in [-0.3, -0.25) is 4.79 Å². The van der Waals surface area contributed by atoms with Crippen molar-refractivity contribution in [2.45, 2.75) is 32.1 Å². The Morgan fingerprint density at radius 3 is 2.75 bits per heavy atom. The summed E-state index contributed by atoms with van der Waals surface area (Å²) >= 11 is 0. The van der Waals surface area contributed by atoms with E-state index in [-0.39, 0.29) is 0 Å². The Balaban J connectivity index is 2.16. The van der Waals surface area contributed by atoms with E-state index in [2.05, 4.69) is 18.2 Å². The van der Waals surface area contributed by atoms with Crippen LogP contribution in [0.15, 0.2) is 24.3 Å². The normalized spacial score (nSPS) is 34.5. The van der Waals surface area contributed by atoms with Crippen molar-refractivity contribution in [3.05, 3.63) is 24.3 Å². The summed E-state index contributed by atoms with van der Waals surface area (Å²) in [6.07, 6.45) is 13.8. The van der Waals surface area contributed by atoms with Gasteiger partial charge in [-0.05, 0) is 37.2 Å². The zero-order valence-corrected chi connectivity index (χ0v) is 7.25. The molecule has 0 amide bonds. The molecule has 0 heterocycles. The fourth-order valence-electron chi connectivity index (χ4n) is 2.10. The van der Waals surface area contributed by atoms with Gasteiger partial charge in [0, 0.05) is 6.42 Å². The van der Waals surface area contributed by atoms with E-state index in [1.807, 2.05) is 0 Å². The number of allylic oxidation sites excluding steroid dienone is 4. The summed E-state index contributed by atoms with van der Waals surface area (Å²) in [5, 5.41) is 0. The lowest BCUT2D eigenvalue weighted by Crippen LogP contribution is -2.23. The molecule has 2 aliphatic rings. The molecule has 0 aromatic carbocycles. The van der Waals surface area contributed by atoms with Gasteiger partial charge >= 0.3 is 0 Å². The molecule has 2 rings (SSSR count). The SMILES string of the molecule is O=C1C=C[C@]2(CC=CCC2)CC1. The molecule has 0 N–H and O–H groups in total. The number of hydrogen-bond donors (Lipinski definition) is 0. The second-order valence-corrected chi connectivity index (χ2v) is 3.88. The van der Waals surface area contributed by atoms with Gasteiger partial charge < -0.3 is 0 Å². The minimum Gasteiger partial charge on any atom is -0.295 e. The zero-order valence-electron chi connectivity index (χ0n) is 7.25. The maximum Gasteiger partial charge on any atom is 0.155 e. The van der Waals surface area contributed by atoms with Crippen LogP contribution in [0, 0.1) is 5.41 Å². The molecular weight excluding hydrogens is 148 g/mol. The van der Waals surface area contributed by atoms with Gasteiger partial charge in [-0.15, -0.1) is 0 Å². The molecule has 12 heavy (non-hydrogen) atoms. The minimum absolute atomic E-state index is 0.301. The van der Waals surface area contributed by atoms with Crippen molar-refractivity contribution in [2.75, 3.05) is 0 Å².